The van der Waals surface area contributed by atoms with Gasteiger partial charge in [-0.15, -0.1) is 6.58 Å². The van der Waals surface area contributed by atoms with Crippen LogP contribution in [-0.4, -0.2) is 41.1 Å². The highest BCUT2D eigenvalue weighted by Crippen LogP contribution is 2.32. The number of unbranched alkanes of at least 4 members (excludes halogenated alkanes) is 1. The van der Waals surface area contributed by atoms with Crippen LogP contribution in [0.5, 0.6) is 0 Å². The van der Waals surface area contributed by atoms with E-state index in [0.717, 1.165) is 38.5 Å². The topological polar surface area (TPSA) is 69.6 Å². The molecule has 0 atom stereocenters. The van der Waals surface area contributed by atoms with E-state index < -0.39 is 11.5 Å². The van der Waals surface area contributed by atoms with Gasteiger partial charge < -0.3 is 15.3 Å². The van der Waals surface area contributed by atoms with Gasteiger partial charge in [0.15, 0.2) is 0 Å². The first-order chi connectivity index (χ1) is 8.99. The van der Waals surface area contributed by atoms with Crippen LogP contribution in [0.3, 0.4) is 0 Å². The third-order valence-corrected chi connectivity index (χ3v) is 3.67. The summed E-state index contributed by atoms with van der Waals surface area (Å²) in [5, 5.41) is 11.9. The van der Waals surface area contributed by atoms with Gasteiger partial charge in [-0.05, 0) is 25.7 Å². The largest absolute Gasteiger partial charge is 0.481 e. The first-order valence-corrected chi connectivity index (χ1v) is 6.85. The van der Waals surface area contributed by atoms with Crippen molar-refractivity contribution in [3.05, 3.63) is 12.7 Å². The number of aliphatic carboxylic acids is 1. The van der Waals surface area contributed by atoms with Crippen LogP contribution >= 0.6 is 0 Å². The lowest BCUT2D eigenvalue weighted by molar-refractivity contribution is -0.138. The molecule has 2 N–H and O–H groups in total. The Morgan fingerprint density at radius 3 is 2.58 bits per heavy atom. The number of nitrogens with zero attached hydrogens (tertiary/aromatic N) is 1. The van der Waals surface area contributed by atoms with Crippen molar-refractivity contribution in [1.82, 2.24) is 10.2 Å². The number of rotatable bonds is 7. The first kappa shape index (κ1) is 15.5. The second kappa shape index (κ2) is 7.16. The average Bonchev–Trinajstić information content (AvgIpc) is 2.76. The Kier molecular flexibility index (Phi) is 5.86. The Morgan fingerprint density at radius 2 is 2.05 bits per heavy atom. The zero-order chi connectivity index (χ0) is 14.3. The van der Waals surface area contributed by atoms with Crippen molar-refractivity contribution in [3.63, 3.8) is 0 Å². The van der Waals surface area contributed by atoms with Crippen LogP contribution in [0.25, 0.3) is 0 Å². The number of amides is 2. The van der Waals surface area contributed by atoms with Gasteiger partial charge in [0.2, 0.25) is 0 Å². The molecule has 5 nitrogen and oxygen atoms in total. The SMILES string of the molecule is C=CCCCN(C)C(=O)NC1(CC(=O)O)CCCC1. The van der Waals surface area contributed by atoms with Crippen LogP contribution in [0.4, 0.5) is 4.79 Å². The minimum absolute atomic E-state index is 0.0131. The van der Waals surface area contributed by atoms with Crippen LogP contribution in [0, 0.1) is 0 Å². The molecular formula is C14H24N2O3. The van der Waals surface area contributed by atoms with Crippen molar-refractivity contribution in [1.29, 1.82) is 0 Å². The van der Waals surface area contributed by atoms with Crippen LogP contribution in [0.1, 0.15) is 44.9 Å². The van der Waals surface area contributed by atoms with Crippen molar-refractivity contribution < 1.29 is 14.7 Å². The minimum atomic E-state index is -0.850. The molecule has 2 amide bonds. The van der Waals surface area contributed by atoms with Crippen molar-refractivity contribution in [2.75, 3.05) is 13.6 Å². The van der Waals surface area contributed by atoms with Gasteiger partial charge in [0.25, 0.3) is 0 Å². The molecule has 0 saturated heterocycles. The number of carbonyl (C=O) groups excluding carboxylic acids is 1. The van der Waals surface area contributed by atoms with Gasteiger partial charge in [0.1, 0.15) is 0 Å². The summed E-state index contributed by atoms with van der Waals surface area (Å²) in [7, 11) is 1.74. The summed E-state index contributed by atoms with van der Waals surface area (Å²) in [6, 6.07) is -0.174. The van der Waals surface area contributed by atoms with E-state index in [1.807, 2.05) is 6.08 Å². The van der Waals surface area contributed by atoms with Crippen molar-refractivity contribution in [3.8, 4) is 0 Å². The van der Waals surface area contributed by atoms with E-state index >= 15 is 0 Å². The summed E-state index contributed by atoms with van der Waals surface area (Å²) in [4.78, 5) is 24.6. The van der Waals surface area contributed by atoms with E-state index in [4.69, 9.17) is 5.11 Å². The average molecular weight is 268 g/mol. The molecule has 1 aliphatic rings. The second-order valence-corrected chi connectivity index (χ2v) is 5.34. The number of carbonyl (C=O) groups is 2. The molecule has 0 aromatic carbocycles. The lowest BCUT2D eigenvalue weighted by Gasteiger charge is -2.31. The van der Waals surface area contributed by atoms with E-state index in [2.05, 4.69) is 11.9 Å². The molecule has 1 fully saturated rings. The summed E-state index contributed by atoms with van der Waals surface area (Å²) in [6.45, 7) is 4.30. The normalized spacial score (nSPS) is 16.9. The lowest BCUT2D eigenvalue weighted by atomic mass is 9.93. The molecule has 0 bridgehead atoms. The number of urea groups is 1. The molecule has 0 aliphatic heterocycles. The quantitative estimate of drug-likeness (QED) is 0.550. The van der Waals surface area contributed by atoms with Gasteiger partial charge >= 0.3 is 12.0 Å². The standard InChI is InChI=1S/C14H24N2O3/c1-3-4-7-10-16(2)13(19)15-14(11-12(17)18)8-5-6-9-14/h3H,1,4-11H2,2H3,(H,15,19)(H,17,18). The van der Waals surface area contributed by atoms with E-state index in [9.17, 15) is 9.59 Å². The Hall–Kier alpha value is -1.52. The molecule has 1 rings (SSSR count). The summed E-state index contributed by atoms with van der Waals surface area (Å²) in [5.74, 6) is -0.850. The van der Waals surface area contributed by atoms with Crippen molar-refractivity contribution >= 4 is 12.0 Å². The number of carboxylic acids is 1. The zero-order valence-electron chi connectivity index (χ0n) is 11.7. The molecule has 1 aliphatic carbocycles. The van der Waals surface area contributed by atoms with E-state index in [1.54, 1.807) is 11.9 Å². The van der Waals surface area contributed by atoms with Crippen LogP contribution < -0.4 is 5.32 Å². The molecule has 0 spiro atoms. The predicted octanol–water partition coefficient (Wildman–Crippen LogP) is 2.38. The molecular weight excluding hydrogens is 244 g/mol. The summed E-state index contributed by atoms with van der Waals surface area (Å²) >= 11 is 0. The first-order valence-electron chi connectivity index (χ1n) is 6.85. The third kappa shape index (κ3) is 4.93. The van der Waals surface area contributed by atoms with Crippen LogP contribution in [-0.2, 0) is 4.79 Å². The lowest BCUT2D eigenvalue weighted by Crippen LogP contribution is -2.52. The minimum Gasteiger partial charge on any atom is -0.481 e. The van der Waals surface area contributed by atoms with Gasteiger partial charge in [-0.2, -0.15) is 0 Å². The Labute approximate surface area is 114 Å². The van der Waals surface area contributed by atoms with E-state index in [0.29, 0.717) is 6.54 Å². The number of carboxylic acid groups (broad SMARTS) is 1. The molecule has 0 aromatic heterocycles. The molecule has 5 heteroatoms. The fourth-order valence-electron chi connectivity index (χ4n) is 2.58. The summed E-state index contributed by atoms with van der Waals surface area (Å²) < 4.78 is 0. The summed E-state index contributed by atoms with van der Waals surface area (Å²) in [5.41, 5.74) is -0.546. The molecule has 108 valence electrons. The third-order valence-electron chi connectivity index (χ3n) is 3.67. The van der Waals surface area contributed by atoms with Gasteiger partial charge in [-0.25, -0.2) is 4.79 Å². The Bertz CT molecular complexity index is 336. The van der Waals surface area contributed by atoms with Crippen LogP contribution in [0.15, 0.2) is 12.7 Å². The maximum absolute atomic E-state index is 12.1. The molecule has 0 heterocycles. The van der Waals surface area contributed by atoms with Crippen molar-refractivity contribution in [2.24, 2.45) is 0 Å². The molecule has 0 unspecified atom stereocenters. The number of nitrogens with one attached hydrogen (secondary N) is 1. The van der Waals surface area contributed by atoms with E-state index in [1.165, 1.54) is 0 Å². The van der Waals surface area contributed by atoms with Gasteiger partial charge in [0.05, 0.1) is 12.0 Å². The fraction of sp³-hybridized carbons (Fsp3) is 0.714. The molecule has 0 aromatic rings. The van der Waals surface area contributed by atoms with Gasteiger partial charge in [0, 0.05) is 13.6 Å². The Morgan fingerprint density at radius 1 is 1.42 bits per heavy atom. The van der Waals surface area contributed by atoms with Crippen molar-refractivity contribution in [2.45, 2.75) is 50.5 Å². The zero-order valence-corrected chi connectivity index (χ0v) is 11.7. The highest BCUT2D eigenvalue weighted by Gasteiger charge is 2.37. The maximum atomic E-state index is 12.1. The van der Waals surface area contributed by atoms with Crippen LogP contribution in [0.2, 0.25) is 0 Å². The second-order valence-electron chi connectivity index (χ2n) is 5.34. The number of hydrogen-bond acceptors (Lipinski definition) is 2. The number of hydrogen-bond donors (Lipinski definition) is 2. The highest BCUT2D eigenvalue weighted by molar-refractivity contribution is 5.76. The monoisotopic (exact) mass is 268 g/mol. The fourth-order valence-corrected chi connectivity index (χ4v) is 2.58. The summed E-state index contributed by atoms with van der Waals surface area (Å²) in [6.07, 6.45) is 7.06. The van der Waals surface area contributed by atoms with E-state index in [-0.39, 0.29) is 12.5 Å². The van der Waals surface area contributed by atoms with Gasteiger partial charge in [-0.3, -0.25) is 4.79 Å². The highest BCUT2D eigenvalue weighted by atomic mass is 16.4. The number of allylic oxidation sites excluding steroid dienone is 1. The molecule has 19 heavy (non-hydrogen) atoms. The molecule has 1 saturated carbocycles. The Balaban J connectivity index is 2.51. The molecule has 0 radical (unpaired) electrons. The predicted molar refractivity (Wildman–Crippen MR) is 74.0 cm³/mol. The maximum Gasteiger partial charge on any atom is 0.317 e. The van der Waals surface area contributed by atoms with Gasteiger partial charge in [-0.1, -0.05) is 18.9 Å². The smallest absolute Gasteiger partial charge is 0.317 e.